The van der Waals surface area contributed by atoms with E-state index in [9.17, 15) is 6.48 Å². The second-order valence-electron chi connectivity index (χ2n) is 15.7. The van der Waals surface area contributed by atoms with Crippen molar-refractivity contribution in [2.75, 3.05) is 0 Å². The fourth-order valence-electron chi connectivity index (χ4n) is 7.42. The largest absolute Gasteiger partial charge is 0.507 e. The molecule has 278 valence electrons. The highest BCUT2D eigenvalue weighted by molar-refractivity contribution is 5.97. The highest BCUT2D eigenvalue weighted by atomic mass is 16.3. The van der Waals surface area contributed by atoms with Gasteiger partial charge in [-0.15, -0.1) is 0 Å². The minimum atomic E-state index is -2.82. The summed E-state index contributed by atoms with van der Waals surface area (Å²) in [7, 11) is 0. The molecule has 1 N–H and O–H groups in total. The number of phenols is 1. The van der Waals surface area contributed by atoms with Crippen LogP contribution in [-0.4, -0.2) is 19.6 Å². The smallest absolute Gasteiger partial charge is 0.149 e. The maximum Gasteiger partial charge on any atom is 0.149 e. The fourth-order valence-corrected chi connectivity index (χ4v) is 7.42. The average molecular weight is 740 g/mol. The van der Waals surface area contributed by atoms with Gasteiger partial charge in [-0.3, -0.25) is 9.55 Å². The van der Waals surface area contributed by atoms with Gasteiger partial charge in [-0.05, 0) is 131 Å². The van der Waals surface area contributed by atoms with Gasteiger partial charge in [0.15, 0.2) is 0 Å². The highest BCUT2D eigenvalue weighted by Gasteiger charge is 2.24. The molecule has 0 saturated heterocycles. The van der Waals surface area contributed by atoms with Gasteiger partial charge in [-0.2, -0.15) is 0 Å². The number of phenolic OH excluding ortho intramolecular Hbond substituents is 1. The molecule has 0 bridgehead atoms. The maximum absolute atomic E-state index is 11.7. The van der Waals surface area contributed by atoms with Crippen LogP contribution in [0.2, 0.25) is 0 Å². The number of imidazole rings is 1. The van der Waals surface area contributed by atoms with Gasteiger partial charge >= 0.3 is 0 Å². The summed E-state index contributed by atoms with van der Waals surface area (Å²) >= 11 is 0. The second-order valence-corrected chi connectivity index (χ2v) is 15.7. The molecule has 0 amide bonds. The lowest BCUT2D eigenvalue weighted by Crippen LogP contribution is -2.11. The Hall–Kier alpha value is -6.26. The Morgan fingerprint density at radius 3 is 2.20 bits per heavy atom. The molecule has 8 aromatic rings. The molecular weight excluding hydrogens is 683 g/mol. The molecule has 4 heteroatoms. The van der Waals surface area contributed by atoms with Crippen LogP contribution in [0.15, 0.2) is 140 Å². The highest BCUT2D eigenvalue weighted by Crippen LogP contribution is 2.42. The summed E-state index contributed by atoms with van der Waals surface area (Å²) in [5.41, 5.74) is 10.7. The van der Waals surface area contributed by atoms with E-state index in [1.54, 1.807) is 18.3 Å². The normalized spacial score (nSPS) is 14.3. The van der Waals surface area contributed by atoms with Gasteiger partial charge in [0.1, 0.15) is 11.6 Å². The van der Waals surface area contributed by atoms with Crippen molar-refractivity contribution in [3.8, 4) is 67.5 Å². The van der Waals surface area contributed by atoms with E-state index in [2.05, 4.69) is 49.6 Å². The molecule has 0 fully saturated rings. The number of hydrogen-bond acceptors (Lipinski definition) is 3. The number of aryl methyl sites for hydroxylation is 2. The summed E-state index contributed by atoms with van der Waals surface area (Å²) in [5.74, 6) is -0.291. The number of pyridine rings is 1. The van der Waals surface area contributed by atoms with E-state index in [1.807, 2.05) is 100 Å². The summed E-state index contributed by atoms with van der Waals surface area (Å²) in [6.07, 6.45) is 1.55. The van der Waals surface area contributed by atoms with Crippen LogP contribution in [0.3, 0.4) is 0 Å². The Balaban J connectivity index is 1.37. The van der Waals surface area contributed by atoms with Crippen LogP contribution in [0.25, 0.3) is 72.7 Å². The number of benzene rings is 6. The molecule has 0 aliphatic carbocycles. The van der Waals surface area contributed by atoms with Crippen molar-refractivity contribution in [3.63, 3.8) is 0 Å². The minimum absolute atomic E-state index is 0.00918. The van der Waals surface area contributed by atoms with Gasteiger partial charge in [0.2, 0.25) is 0 Å². The molecule has 0 saturated carbocycles. The van der Waals surface area contributed by atoms with Crippen molar-refractivity contribution in [2.24, 2.45) is 0 Å². The fraction of sp³-hybridized carbons (Fsp3) is 0.192. The van der Waals surface area contributed by atoms with Crippen molar-refractivity contribution in [3.05, 3.63) is 167 Å². The van der Waals surface area contributed by atoms with Gasteiger partial charge in [-0.25, -0.2) is 4.98 Å². The van der Waals surface area contributed by atoms with Gasteiger partial charge < -0.3 is 5.11 Å². The molecule has 6 aromatic carbocycles. The second kappa shape index (κ2) is 14.4. The van der Waals surface area contributed by atoms with Crippen LogP contribution in [0.5, 0.6) is 5.75 Å². The van der Waals surface area contributed by atoms with Crippen LogP contribution >= 0.6 is 0 Å². The quantitative estimate of drug-likeness (QED) is 0.177. The van der Waals surface area contributed by atoms with E-state index in [1.165, 1.54) is 0 Å². The van der Waals surface area contributed by atoms with Crippen LogP contribution in [0, 0.1) is 20.7 Å². The van der Waals surface area contributed by atoms with Gasteiger partial charge in [0.25, 0.3) is 0 Å². The van der Waals surface area contributed by atoms with E-state index in [4.69, 9.17) is 19.6 Å². The van der Waals surface area contributed by atoms with Gasteiger partial charge in [0, 0.05) is 28.5 Å². The van der Waals surface area contributed by atoms with Crippen molar-refractivity contribution < 1.29 is 16.1 Å². The van der Waals surface area contributed by atoms with Gasteiger partial charge in [-0.1, -0.05) is 125 Å². The molecule has 0 aliphatic rings. The molecule has 2 aromatic heterocycles. The number of aromatic hydroxyl groups is 1. The van der Waals surface area contributed by atoms with Crippen LogP contribution in [0.4, 0.5) is 0 Å². The van der Waals surface area contributed by atoms with E-state index < -0.39 is 42.5 Å². The zero-order valence-corrected chi connectivity index (χ0v) is 32.8. The molecule has 0 unspecified atom stereocenters. The zero-order valence-electron chi connectivity index (χ0n) is 40.8. The number of nitrogens with zero attached hydrogens (tertiary/aromatic N) is 3. The standard InChI is InChI=1S/C52H49N3O/c1-32(2)45-31-42(21-22-43(45)37-13-10-9-11-14-37)55-48-16-12-15-44(49(48)54-51(55)46-26-34(4)25-35(5)50(46)56)39-27-40(29-41(28-39)52(6,7)8)47-30-38(23-24-53-47)36-19-17-33(3)18-20-36/h9-32,56H,1-8H3/i3D3,17D,18D,19D,20D,32D. The first kappa shape index (κ1) is 28.2. The molecular formula is C52H49N3O. The first-order chi connectivity index (χ1) is 30.0. The number of fused-ring (bicyclic) bond motifs is 1. The van der Waals surface area contributed by atoms with E-state index >= 15 is 0 Å². The molecule has 4 nitrogen and oxygen atoms in total. The number of rotatable bonds is 7. The molecule has 2 heterocycles. The lowest BCUT2D eigenvalue weighted by Gasteiger charge is -2.22. The van der Waals surface area contributed by atoms with E-state index in [0.29, 0.717) is 28.2 Å². The van der Waals surface area contributed by atoms with Gasteiger partial charge in [0.05, 0.1) is 27.8 Å². The molecule has 0 radical (unpaired) electrons. The number of para-hydroxylation sites is 1. The molecule has 56 heavy (non-hydrogen) atoms. The summed E-state index contributed by atoms with van der Waals surface area (Å²) in [6, 6.07) is 33.6. The molecule has 8 rings (SSSR count). The Kier molecular flexibility index (Phi) is 7.26. The number of hydrogen-bond donors (Lipinski definition) is 1. The van der Waals surface area contributed by atoms with Crippen molar-refractivity contribution in [1.82, 2.24) is 14.5 Å². The first-order valence-corrected chi connectivity index (χ1v) is 18.8. The Bertz CT molecular complexity index is 3110. The molecule has 0 atom stereocenters. The van der Waals surface area contributed by atoms with Crippen LogP contribution < -0.4 is 0 Å². The predicted octanol–water partition coefficient (Wildman–Crippen LogP) is 13.8. The lowest BCUT2D eigenvalue weighted by molar-refractivity contribution is 0.472. The predicted molar refractivity (Wildman–Crippen MR) is 235 cm³/mol. The third kappa shape index (κ3) is 6.92. The Morgan fingerprint density at radius 2 is 1.46 bits per heavy atom. The lowest BCUT2D eigenvalue weighted by atomic mass is 9.83. The SMILES string of the molecule is [2H]c1c([2H])c(C([2H])([2H])[2H])c([2H])c([2H])c1-c1ccnc(-c2cc(-c3cccc4c3nc(-c3cc(C)cc(C)c3O)n4-c3ccc(-c4ccccc4)c(C([2H])(C)C)c3)cc(C(C)(C)C)c2)c1. The Labute approximate surface area is 342 Å². The average Bonchev–Trinajstić information content (AvgIpc) is 3.63. The summed E-state index contributed by atoms with van der Waals surface area (Å²) in [5, 5.41) is 11.7. The van der Waals surface area contributed by atoms with Crippen molar-refractivity contribution >= 4 is 11.0 Å². The van der Waals surface area contributed by atoms with Crippen molar-refractivity contribution in [2.45, 2.75) is 66.6 Å². The number of aromatic nitrogens is 3. The zero-order chi connectivity index (χ0) is 46.2. The summed E-state index contributed by atoms with van der Waals surface area (Å²) in [6.45, 7) is 11.2. The summed E-state index contributed by atoms with van der Waals surface area (Å²) < 4.78 is 69.6. The van der Waals surface area contributed by atoms with E-state index in [0.717, 1.165) is 61.3 Å². The summed E-state index contributed by atoms with van der Waals surface area (Å²) in [4.78, 5) is 10.1. The van der Waals surface area contributed by atoms with Crippen molar-refractivity contribution in [1.29, 1.82) is 0 Å². The molecule has 0 spiro atoms. The van der Waals surface area contributed by atoms with Crippen LogP contribution in [0.1, 0.15) is 79.3 Å². The maximum atomic E-state index is 11.7. The topological polar surface area (TPSA) is 50.9 Å². The first-order valence-electron chi connectivity index (χ1n) is 22.8. The Morgan fingerprint density at radius 1 is 0.696 bits per heavy atom. The monoisotopic (exact) mass is 739 g/mol. The van der Waals surface area contributed by atoms with Crippen LogP contribution in [-0.2, 0) is 5.41 Å². The third-order valence-electron chi connectivity index (χ3n) is 10.3. The third-order valence-corrected chi connectivity index (χ3v) is 10.3. The van der Waals surface area contributed by atoms with E-state index in [-0.39, 0.29) is 16.7 Å². The molecule has 0 aliphatic heterocycles. The minimum Gasteiger partial charge on any atom is -0.507 e.